The number of anilines is 1. The molecule has 1 aliphatic heterocycles. The first-order chi connectivity index (χ1) is 21.0. The van der Waals surface area contributed by atoms with E-state index in [0.717, 1.165) is 6.42 Å². The first-order valence-corrected chi connectivity index (χ1v) is 14.1. The van der Waals surface area contributed by atoms with Crippen LogP contribution < -0.4 is 10.1 Å². The van der Waals surface area contributed by atoms with Crippen molar-refractivity contribution in [2.24, 2.45) is 0 Å². The number of nitrogens with zero attached hydrogens (tertiary/aromatic N) is 3. The molecule has 0 radical (unpaired) electrons. The lowest BCUT2D eigenvalue weighted by molar-refractivity contribution is -0.298. The summed E-state index contributed by atoms with van der Waals surface area (Å²) in [5, 5.41) is 20.3. The van der Waals surface area contributed by atoms with Crippen molar-refractivity contribution in [1.29, 1.82) is 0 Å². The molecule has 0 amide bonds. The molecule has 45 heavy (non-hydrogen) atoms. The van der Waals surface area contributed by atoms with Crippen LogP contribution in [-0.4, -0.2) is 64.9 Å². The first-order valence-electron chi connectivity index (χ1n) is 14.1. The molecular formula is C29H36F6N4O6. The van der Waals surface area contributed by atoms with Gasteiger partial charge in [0.05, 0.1) is 25.0 Å². The van der Waals surface area contributed by atoms with Crippen molar-refractivity contribution in [3.63, 3.8) is 0 Å². The molecule has 2 N–H and O–H groups in total. The van der Waals surface area contributed by atoms with E-state index in [0.29, 0.717) is 24.5 Å². The third-order valence-corrected chi connectivity index (χ3v) is 6.65. The van der Waals surface area contributed by atoms with Crippen LogP contribution in [0.4, 0.5) is 32.0 Å². The minimum Gasteiger partial charge on any atom is -0.477 e. The van der Waals surface area contributed by atoms with Crippen LogP contribution in [0.5, 0.6) is 5.88 Å². The zero-order chi connectivity index (χ0) is 33.5. The van der Waals surface area contributed by atoms with E-state index in [-0.39, 0.29) is 42.9 Å². The molecule has 16 heteroatoms. The smallest absolute Gasteiger partial charge is 0.426 e. The number of hydrogen-bond acceptors (Lipinski definition) is 10. The molecule has 0 saturated heterocycles. The van der Waals surface area contributed by atoms with E-state index < -0.39 is 60.3 Å². The van der Waals surface area contributed by atoms with Crippen LogP contribution in [0.1, 0.15) is 70.8 Å². The molecule has 2 aromatic rings. The number of fused-ring (bicyclic) bond motifs is 5. The van der Waals surface area contributed by atoms with Gasteiger partial charge in [0.25, 0.3) is 18.3 Å². The van der Waals surface area contributed by atoms with Crippen molar-refractivity contribution in [3.8, 4) is 17.5 Å². The average Bonchev–Trinajstić information content (AvgIpc) is 3.44. The van der Waals surface area contributed by atoms with Crippen LogP contribution in [0.15, 0.2) is 34.3 Å². The molecule has 3 heterocycles. The molecule has 2 aromatic heterocycles. The van der Waals surface area contributed by atoms with Crippen molar-refractivity contribution < 1.29 is 54.9 Å². The van der Waals surface area contributed by atoms with Crippen LogP contribution >= 0.6 is 0 Å². The Labute approximate surface area is 255 Å². The Balaban J connectivity index is 0.000000707. The lowest BCUT2D eigenvalue weighted by atomic mass is 9.92. The molecule has 10 nitrogen and oxygen atoms in total. The van der Waals surface area contributed by atoms with Gasteiger partial charge in [0, 0.05) is 13.5 Å². The van der Waals surface area contributed by atoms with Gasteiger partial charge in [-0.1, -0.05) is 18.2 Å². The Kier molecular flexibility index (Phi) is 11.6. The number of ether oxygens (including phenoxy) is 3. The molecule has 4 bridgehead atoms. The van der Waals surface area contributed by atoms with Gasteiger partial charge >= 0.3 is 12.4 Å². The minimum atomic E-state index is -5.10. The Morgan fingerprint density at radius 3 is 2.42 bits per heavy atom. The molecular weight excluding hydrogens is 614 g/mol. The van der Waals surface area contributed by atoms with Gasteiger partial charge in [-0.25, -0.2) is 4.98 Å². The molecule has 2 aliphatic rings. The molecule has 2 unspecified atom stereocenters. The van der Waals surface area contributed by atoms with E-state index in [1.807, 2.05) is 20.8 Å². The SMILES string of the molecule is CC(C)(C)OC=O.CNc1cc(C(F)(F)F)c2nc1-c1nnc(o1)C(OCC1=CCCC=C1)(C(F)(F)F)CC(O)CCCCO2. The number of aromatic nitrogens is 3. The highest BCUT2D eigenvalue weighted by atomic mass is 19.4. The van der Waals surface area contributed by atoms with Crippen molar-refractivity contribution in [2.75, 3.05) is 25.6 Å². The standard InChI is InChI=1S/C24H26F6N4O4.C5H10O2/c1-31-17-11-16(23(25,26)27)19-32-18(17)20-33-34-21(38-20)22(24(28,29)30,12-15(35)9-5-6-10-36-19)37-13-14-7-3-2-4-8-14;1-5(2,3)7-4-6/h3,7-8,11,15,31,35H,2,4-6,9-10,12-13H2,1H3;4H,1-3H3. The zero-order valence-electron chi connectivity index (χ0n) is 25.2. The van der Waals surface area contributed by atoms with Gasteiger partial charge in [0.15, 0.2) is 5.69 Å². The second-order valence-electron chi connectivity index (χ2n) is 11.3. The second-order valence-corrected chi connectivity index (χ2v) is 11.3. The summed E-state index contributed by atoms with van der Waals surface area (Å²) in [6.45, 7) is 5.26. The number of carbonyl (C=O) groups is 1. The van der Waals surface area contributed by atoms with Gasteiger partial charge in [0.1, 0.15) is 11.2 Å². The summed E-state index contributed by atoms with van der Waals surface area (Å²) in [5.74, 6) is -2.36. The molecule has 0 fully saturated rings. The van der Waals surface area contributed by atoms with Gasteiger partial charge in [-0.2, -0.15) is 26.3 Å². The number of aliphatic hydroxyl groups is 1. The summed E-state index contributed by atoms with van der Waals surface area (Å²) in [5.41, 5.74) is -4.72. The number of pyridine rings is 1. The highest BCUT2D eigenvalue weighted by Gasteiger charge is 2.62. The fourth-order valence-corrected chi connectivity index (χ4v) is 4.38. The summed E-state index contributed by atoms with van der Waals surface area (Å²) in [4.78, 5) is 13.5. The minimum absolute atomic E-state index is 0.0996. The first kappa shape index (κ1) is 35.8. The van der Waals surface area contributed by atoms with E-state index in [9.17, 15) is 36.2 Å². The zero-order valence-corrected chi connectivity index (χ0v) is 25.2. The molecule has 0 aromatic carbocycles. The van der Waals surface area contributed by atoms with E-state index in [2.05, 4.69) is 25.2 Å². The molecule has 2 atom stereocenters. The van der Waals surface area contributed by atoms with Gasteiger partial charge in [-0.05, 0) is 64.5 Å². The van der Waals surface area contributed by atoms with E-state index in [4.69, 9.17) is 13.9 Å². The van der Waals surface area contributed by atoms with Crippen LogP contribution in [0, 0.1) is 0 Å². The number of nitrogens with one attached hydrogen (secondary N) is 1. The molecule has 0 saturated carbocycles. The van der Waals surface area contributed by atoms with Gasteiger partial charge in [-0.15, -0.1) is 10.2 Å². The Morgan fingerprint density at radius 1 is 1.13 bits per heavy atom. The summed E-state index contributed by atoms with van der Waals surface area (Å²) in [6, 6.07) is 0.715. The Bertz CT molecular complexity index is 1350. The lowest BCUT2D eigenvalue weighted by Gasteiger charge is -2.34. The fourth-order valence-electron chi connectivity index (χ4n) is 4.38. The third-order valence-electron chi connectivity index (χ3n) is 6.65. The Hall–Kier alpha value is -3.66. The fraction of sp³-hybridized carbons (Fsp3) is 0.586. The normalized spacial score (nSPS) is 21.0. The number of hydrogen-bond donors (Lipinski definition) is 2. The number of halogens is 6. The lowest BCUT2D eigenvalue weighted by Crippen LogP contribution is -2.48. The van der Waals surface area contributed by atoms with Crippen molar-refractivity contribution >= 4 is 12.2 Å². The maximum absolute atomic E-state index is 14.7. The summed E-state index contributed by atoms with van der Waals surface area (Å²) in [6.07, 6.45) is -5.53. The van der Waals surface area contributed by atoms with Gasteiger partial charge in [-0.3, -0.25) is 4.79 Å². The highest BCUT2D eigenvalue weighted by molar-refractivity contribution is 5.70. The van der Waals surface area contributed by atoms with Crippen molar-refractivity contribution in [1.82, 2.24) is 15.2 Å². The highest BCUT2D eigenvalue weighted by Crippen LogP contribution is 2.47. The number of aliphatic hydroxyl groups excluding tert-OH is 1. The van der Waals surface area contributed by atoms with Crippen molar-refractivity contribution in [2.45, 2.75) is 89.0 Å². The summed E-state index contributed by atoms with van der Waals surface area (Å²) < 4.78 is 106. The second kappa shape index (κ2) is 14.6. The number of alkyl halides is 6. The largest absolute Gasteiger partial charge is 0.477 e. The number of carbonyl (C=O) groups excluding carboxylic acids is 1. The number of allylic oxidation sites excluding steroid dienone is 2. The quantitative estimate of drug-likeness (QED) is 0.273. The van der Waals surface area contributed by atoms with E-state index >= 15 is 0 Å². The Morgan fingerprint density at radius 2 is 1.87 bits per heavy atom. The maximum Gasteiger partial charge on any atom is 0.426 e. The van der Waals surface area contributed by atoms with E-state index in [1.165, 1.54) is 7.05 Å². The summed E-state index contributed by atoms with van der Waals surface area (Å²) in [7, 11) is 1.31. The predicted molar refractivity (Wildman–Crippen MR) is 149 cm³/mol. The van der Waals surface area contributed by atoms with E-state index in [1.54, 1.807) is 18.2 Å². The van der Waals surface area contributed by atoms with Crippen molar-refractivity contribution in [3.05, 3.63) is 41.3 Å². The molecule has 0 spiro atoms. The molecule has 1 aliphatic carbocycles. The topological polar surface area (TPSA) is 129 Å². The van der Waals surface area contributed by atoms with Crippen LogP contribution in [0.3, 0.4) is 0 Å². The van der Waals surface area contributed by atoms with Crippen LogP contribution in [0.25, 0.3) is 11.6 Å². The van der Waals surface area contributed by atoms with Crippen LogP contribution in [-0.2, 0) is 26.0 Å². The predicted octanol–water partition coefficient (Wildman–Crippen LogP) is 6.51. The average molecular weight is 651 g/mol. The van der Waals surface area contributed by atoms with Crippen LogP contribution in [0.2, 0.25) is 0 Å². The monoisotopic (exact) mass is 650 g/mol. The molecule has 250 valence electrons. The number of rotatable bonds is 5. The maximum atomic E-state index is 14.7. The van der Waals surface area contributed by atoms with Gasteiger partial charge < -0.3 is 29.1 Å². The summed E-state index contributed by atoms with van der Waals surface area (Å²) >= 11 is 0. The van der Waals surface area contributed by atoms with Gasteiger partial charge in [0.2, 0.25) is 11.5 Å². The molecule has 4 rings (SSSR count). The third kappa shape index (κ3) is 9.42.